The Morgan fingerprint density at radius 3 is 2.69 bits per heavy atom. The zero-order valence-corrected chi connectivity index (χ0v) is 17.4. The second-order valence-corrected chi connectivity index (χ2v) is 9.09. The number of nitrogens with two attached hydrogens (primary N) is 1. The number of amidine groups is 1. The minimum absolute atomic E-state index is 0.243. The first-order chi connectivity index (χ1) is 13.9. The number of hydrogen-bond acceptors (Lipinski definition) is 5. The number of rotatable bonds is 4. The van der Waals surface area contributed by atoms with Crippen molar-refractivity contribution < 1.29 is 9.18 Å². The van der Waals surface area contributed by atoms with Crippen LogP contribution in [-0.4, -0.2) is 16.8 Å². The van der Waals surface area contributed by atoms with Crippen LogP contribution in [0.4, 0.5) is 10.1 Å². The summed E-state index contributed by atoms with van der Waals surface area (Å²) in [5.74, 6) is 0.181. The lowest BCUT2D eigenvalue weighted by Gasteiger charge is -2.30. The molecule has 0 aliphatic carbocycles. The fourth-order valence-corrected chi connectivity index (χ4v) is 5.04. The zero-order chi connectivity index (χ0) is 20.4. The molecule has 1 unspecified atom stereocenters. The van der Waals surface area contributed by atoms with E-state index in [1.165, 1.54) is 17.8 Å². The molecule has 0 fully saturated rings. The number of carbonyl (C=O) groups is 1. The number of halogens is 1. The van der Waals surface area contributed by atoms with E-state index in [9.17, 15) is 9.18 Å². The number of hydrogen-bond donors (Lipinski definition) is 2. The van der Waals surface area contributed by atoms with Gasteiger partial charge in [0.05, 0.1) is 5.54 Å². The van der Waals surface area contributed by atoms with Crippen LogP contribution in [0.15, 0.2) is 65.0 Å². The molecule has 3 N–H and O–H groups in total. The number of benzene rings is 2. The standard InChI is InChI=1S/C22H20FN3OS2/c1-22(10-12-29-21(24)26-22)17-13-16(8-9-18(17)23)25-20(27)15-6-4-14(5-7-15)19-3-2-11-28-19/h2-9,11,13H,10,12H2,1H3,(H2,24,26)(H,25,27). The molecule has 0 radical (unpaired) electrons. The summed E-state index contributed by atoms with van der Waals surface area (Å²) in [4.78, 5) is 18.3. The van der Waals surface area contributed by atoms with Crippen molar-refractivity contribution in [3.63, 3.8) is 0 Å². The first kappa shape index (κ1) is 19.7. The van der Waals surface area contributed by atoms with Crippen LogP contribution < -0.4 is 11.1 Å². The van der Waals surface area contributed by atoms with Crippen molar-refractivity contribution in [1.29, 1.82) is 0 Å². The summed E-state index contributed by atoms with van der Waals surface area (Å²) >= 11 is 3.12. The quantitative estimate of drug-likeness (QED) is 0.582. The lowest BCUT2D eigenvalue weighted by atomic mass is 9.89. The van der Waals surface area contributed by atoms with Gasteiger partial charge < -0.3 is 11.1 Å². The molecule has 1 aliphatic heterocycles. The predicted octanol–water partition coefficient (Wildman–Crippen LogP) is 5.47. The average Bonchev–Trinajstić information content (AvgIpc) is 3.24. The molecule has 2 heterocycles. The molecule has 4 nitrogen and oxygen atoms in total. The molecule has 1 aromatic heterocycles. The number of carbonyl (C=O) groups excluding carboxylic acids is 1. The first-order valence-electron chi connectivity index (χ1n) is 9.18. The van der Waals surface area contributed by atoms with Crippen LogP contribution >= 0.6 is 23.1 Å². The molecule has 1 amide bonds. The molecule has 3 aromatic rings. The Balaban J connectivity index is 1.55. The molecule has 0 saturated heterocycles. The van der Waals surface area contributed by atoms with Gasteiger partial charge in [-0.3, -0.25) is 9.79 Å². The SMILES string of the molecule is CC1(c2cc(NC(=O)c3ccc(-c4cccs4)cc3)ccc2F)CCSC(N)=N1. The van der Waals surface area contributed by atoms with E-state index in [1.807, 2.05) is 36.6 Å². The number of aliphatic imine (C=N–C) groups is 1. The van der Waals surface area contributed by atoms with Gasteiger partial charge in [-0.2, -0.15) is 0 Å². The topological polar surface area (TPSA) is 67.5 Å². The molecule has 0 spiro atoms. The monoisotopic (exact) mass is 425 g/mol. The van der Waals surface area contributed by atoms with Crippen LogP contribution in [0.5, 0.6) is 0 Å². The van der Waals surface area contributed by atoms with Crippen molar-refractivity contribution in [3.8, 4) is 10.4 Å². The van der Waals surface area contributed by atoms with Crippen molar-refractivity contribution >= 4 is 39.9 Å². The summed E-state index contributed by atoms with van der Waals surface area (Å²) in [7, 11) is 0. The Bertz CT molecular complexity index is 1060. The largest absolute Gasteiger partial charge is 0.379 e. The molecule has 1 atom stereocenters. The van der Waals surface area contributed by atoms with Crippen LogP contribution in [0.1, 0.15) is 29.3 Å². The Labute approximate surface area is 177 Å². The van der Waals surface area contributed by atoms with Gasteiger partial charge in [0.15, 0.2) is 5.17 Å². The number of nitrogens with one attached hydrogen (secondary N) is 1. The van der Waals surface area contributed by atoms with Gasteiger partial charge in [-0.25, -0.2) is 4.39 Å². The third kappa shape index (κ3) is 4.21. The predicted molar refractivity (Wildman–Crippen MR) is 120 cm³/mol. The smallest absolute Gasteiger partial charge is 0.255 e. The summed E-state index contributed by atoms with van der Waals surface area (Å²) in [6, 6.07) is 16.0. The molecule has 2 aromatic carbocycles. The average molecular weight is 426 g/mol. The highest BCUT2D eigenvalue weighted by Gasteiger charge is 2.32. The summed E-state index contributed by atoms with van der Waals surface area (Å²) < 4.78 is 14.5. The minimum atomic E-state index is -0.734. The first-order valence-corrected chi connectivity index (χ1v) is 11.0. The van der Waals surface area contributed by atoms with Gasteiger partial charge in [0.2, 0.25) is 0 Å². The van der Waals surface area contributed by atoms with Gasteiger partial charge in [0.1, 0.15) is 5.82 Å². The van der Waals surface area contributed by atoms with E-state index in [0.29, 0.717) is 28.4 Å². The Kier molecular flexibility index (Phi) is 5.43. The summed E-state index contributed by atoms with van der Waals surface area (Å²) in [6.07, 6.45) is 0.677. The van der Waals surface area contributed by atoms with E-state index in [2.05, 4.69) is 10.3 Å². The number of thiophene rings is 1. The molecule has 1 aliphatic rings. The fraction of sp³-hybridized carbons (Fsp3) is 0.182. The summed E-state index contributed by atoms with van der Waals surface area (Å²) in [6.45, 7) is 1.87. The third-order valence-electron chi connectivity index (χ3n) is 4.95. The van der Waals surface area contributed by atoms with Gasteiger partial charge in [-0.05, 0) is 60.7 Å². The van der Waals surface area contributed by atoms with Crippen LogP contribution in [0.2, 0.25) is 0 Å². The summed E-state index contributed by atoms with van der Waals surface area (Å²) in [5, 5.41) is 5.34. The van der Waals surface area contributed by atoms with E-state index >= 15 is 0 Å². The molecular weight excluding hydrogens is 405 g/mol. The molecule has 7 heteroatoms. The maximum absolute atomic E-state index is 14.5. The van der Waals surface area contributed by atoms with Gasteiger partial charge in [-0.1, -0.05) is 30.0 Å². The number of nitrogens with zero attached hydrogens (tertiary/aromatic N) is 1. The van der Waals surface area contributed by atoms with E-state index < -0.39 is 5.54 Å². The van der Waals surface area contributed by atoms with Gasteiger partial charge in [0, 0.05) is 27.4 Å². The molecule has 4 rings (SSSR count). The van der Waals surface area contributed by atoms with Gasteiger partial charge in [0.25, 0.3) is 5.91 Å². The van der Waals surface area contributed by atoms with E-state index in [1.54, 1.807) is 35.6 Å². The second-order valence-electron chi connectivity index (χ2n) is 7.03. The van der Waals surface area contributed by atoms with E-state index in [4.69, 9.17) is 5.73 Å². The molecule has 29 heavy (non-hydrogen) atoms. The minimum Gasteiger partial charge on any atom is -0.379 e. The molecule has 0 saturated carbocycles. The van der Waals surface area contributed by atoms with Gasteiger partial charge >= 0.3 is 0 Å². The van der Waals surface area contributed by atoms with Crippen molar-refractivity contribution in [2.24, 2.45) is 10.7 Å². The van der Waals surface area contributed by atoms with Crippen LogP contribution in [0.25, 0.3) is 10.4 Å². The maximum atomic E-state index is 14.5. The van der Waals surface area contributed by atoms with Crippen LogP contribution in [0.3, 0.4) is 0 Å². The van der Waals surface area contributed by atoms with Gasteiger partial charge in [-0.15, -0.1) is 11.3 Å². The second kappa shape index (κ2) is 8.00. The van der Waals surface area contributed by atoms with E-state index in [0.717, 1.165) is 16.2 Å². The Hall–Kier alpha value is -2.64. The van der Waals surface area contributed by atoms with E-state index in [-0.39, 0.29) is 11.7 Å². The fourth-order valence-electron chi connectivity index (χ4n) is 3.33. The van der Waals surface area contributed by atoms with Crippen molar-refractivity contribution in [1.82, 2.24) is 0 Å². The zero-order valence-electron chi connectivity index (χ0n) is 15.8. The lowest BCUT2D eigenvalue weighted by Crippen LogP contribution is -2.29. The number of thioether (sulfide) groups is 1. The summed E-state index contributed by atoms with van der Waals surface area (Å²) in [5.41, 5.74) is 7.70. The number of amides is 1. The van der Waals surface area contributed by atoms with Crippen molar-refractivity contribution in [2.75, 3.05) is 11.1 Å². The highest BCUT2D eigenvalue weighted by molar-refractivity contribution is 8.13. The third-order valence-corrected chi connectivity index (χ3v) is 6.67. The molecular formula is C22H20FN3OS2. The molecule has 148 valence electrons. The molecule has 0 bridgehead atoms. The lowest BCUT2D eigenvalue weighted by molar-refractivity contribution is 0.102. The Morgan fingerprint density at radius 1 is 1.21 bits per heavy atom. The normalized spacial score (nSPS) is 18.9. The van der Waals surface area contributed by atoms with Crippen LogP contribution in [-0.2, 0) is 5.54 Å². The van der Waals surface area contributed by atoms with Crippen LogP contribution in [0, 0.1) is 5.82 Å². The Morgan fingerprint density at radius 2 is 2.00 bits per heavy atom. The highest BCUT2D eigenvalue weighted by Crippen LogP contribution is 2.37. The highest BCUT2D eigenvalue weighted by atomic mass is 32.2. The number of anilines is 1. The van der Waals surface area contributed by atoms with Crippen molar-refractivity contribution in [2.45, 2.75) is 18.9 Å². The maximum Gasteiger partial charge on any atom is 0.255 e. The van der Waals surface area contributed by atoms with Crippen molar-refractivity contribution in [3.05, 3.63) is 76.9 Å².